The predicted octanol–water partition coefficient (Wildman–Crippen LogP) is 3.19. The highest BCUT2D eigenvalue weighted by Crippen LogP contribution is 2.28. The highest BCUT2D eigenvalue weighted by Gasteiger charge is 2.28. The molecule has 1 unspecified atom stereocenters. The van der Waals surface area contributed by atoms with Crippen LogP contribution in [0, 0.1) is 17.6 Å². The number of hydrogen-bond acceptors (Lipinski definition) is 3. The summed E-state index contributed by atoms with van der Waals surface area (Å²) < 4.78 is 27.5. The molecule has 24 heavy (non-hydrogen) atoms. The lowest BCUT2D eigenvalue weighted by Crippen LogP contribution is -2.51. The first kappa shape index (κ1) is 17.8. The molecule has 1 N–H and O–H groups in total. The van der Waals surface area contributed by atoms with Crippen molar-refractivity contribution in [2.45, 2.75) is 44.8 Å². The zero-order valence-corrected chi connectivity index (χ0v) is 14.4. The summed E-state index contributed by atoms with van der Waals surface area (Å²) in [5.74, 6) is -0.483. The van der Waals surface area contributed by atoms with Gasteiger partial charge in [-0.2, -0.15) is 0 Å². The second kappa shape index (κ2) is 7.89. The van der Waals surface area contributed by atoms with Crippen LogP contribution in [-0.4, -0.2) is 53.7 Å². The van der Waals surface area contributed by atoms with Gasteiger partial charge in [0, 0.05) is 38.8 Å². The third-order valence-corrected chi connectivity index (χ3v) is 5.67. The van der Waals surface area contributed by atoms with E-state index in [1.165, 1.54) is 43.9 Å². The molecule has 1 heterocycles. The number of benzene rings is 1. The highest BCUT2D eigenvalue weighted by molar-refractivity contribution is 5.22. The first-order valence-corrected chi connectivity index (χ1v) is 9.13. The molecule has 1 aromatic carbocycles. The minimum absolute atomic E-state index is 0.207. The summed E-state index contributed by atoms with van der Waals surface area (Å²) in [6.45, 7) is 6.26. The minimum atomic E-state index is -1.12. The molecule has 1 aliphatic carbocycles. The number of aliphatic hydroxyl groups is 1. The lowest BCUT2D eigenvalue weighted by atomic mass is 9.86. The Morgan fingerprint density at radius 2 is 1.62 bits per heavy atom. The Morgan fingerprint density at radius 3 is 2.21 bits per heavy atom. The van der Waals surface area contributed by atoms with E-state index in [9.17, 15) is 13.9 Å². The highest BCUT2D eigenvalue weighted by atomic mass is 19.1. The summed E-state index contributed by atoms with van der Waals surface area (Å²) in [6, 6.07) is 4.41. The standard InChI is InChI=1S/C19H28F2N2O/c1-14-5-7-15(8-6-14)23-11-9-22(10-12-23)13-18(24)19-16(20)3-2-4-17(19)21/h2-4,14-15,18,24H,5-13H2,1H3. The average Bonchev–Trinajstić information content (AvgIpc) is 2.56. The molecule has 0 spiro atoms. The van der Waals surface area contributed by atoms with E-state index in [2.05, 4.69) is 16.7 Å². The van der Waals surface area contributed by atoms with Crippen molar-refractivity contribution in [3.63, 3.8) is 0 Å². The molecule has 1 aliphatic heterocycles. The van der Waals surface area contributed by atoms with Crippen LogP contribution in [0.1, 0.15) is 44.3 Å². The maximum Gasteiger partial charge on any atom is 0.131 e. The van der Waals surface area contributed by atoms with Gasteiger partial charge in [-0.05, 0) is 43.7 Å². The molecular formula is C19H28F2N2O. The Morgan fingerprint density at radius 1 is 1.04 bits per heavy atom. The van der Waals surface area contributed by atoms with Gasteiger partial charge in [0.2, 0.25) is 0 Å². The van der Waals surface area contributed by atoms with E-state index in [0.717, 1.165) is 32.1 Å². The molecule has 0 bridgehead atoms. The van der Waals surface area contributed by atoms with Crippen LogP contribution < -0.4 is 0 Å². The van der Waals surface area contributed by atoms with Crippen molar-refractivity contribution < 1.29 is 13.9 Å². The van der Waals surface area contributed by atoms with E-state index in [1.807, 2.05) is 0 Å². The summed E-state index contributed by atoms with van der Waals surface area (Å²) in [6.07, 6.45) is 4.08. The molecule has 134 valence electrons. The van der Waals surface area contributed by atoms with Gasteiger partial charge in [-0.3, -0.25) is 9.80 Å². The van der Waals surface area contributed by atoms with Crippen LogP contribution in [0.4, 0.5) is 8.78 Å². The van der Waals surface area contributed by atoms with E-state index in [0.29, 0.717) is 6.04 Å². The molecule has 1 saturated carbocycles. The van der Waals surface area contributed by atoms with E-state index in [-0.39, 0.29) is 12.1 Å². The molecule has 3 nitrogen and oxygen atoms in total. The van der Waals surface area contributed by atoms with Crippen molar-refractivity contribution in [1.29, 1.82) is 0 Å². The molecule has 5 heteroatoms. The van der Waals surface area contributed by atoms with Gasteiger partial charge in [0.25, 0.3) is 0 Å². The van der Waals surface area contributed by atoms with E-state index >= 15 is 0 Å². The average molecular weight is 338 g/mol. The van der Waals surface area contributed by atoms with Crippen LogP contribution in [-0.2, 0) is 0 Å². The number of aliphatic hydroxyl groups excluding tert-OH is 1. The Balaban J connectivity index is 1.50. The largest absolute Gasteiger partial charge is 0.387 e. The second-order valence-corrected chi connectivity index (χ2v) is 7.40. The lowest BCUT2D eigenvalue weighted by molar-refractivity contribution is 0.0421. The number of β-amino-alcohol motifs (C(OH)–C–C–N with tert-alkyl or cyclic N) is 1. The van der Waals surface area contributed by atoms with Crippen molar-refractivity contribution in [3.05, 3.63) is 35.4 Å². The first-order valence-electron chi connectivity index (χ1n) is 9.13. The fourth-order valence-corrected chi connectivity index (χ4v) is 4.08. The smallest absolute Gasteiger partial charge is 0.131 e. The fourth-order valence-electron chi connectivity index (χ4n) is 4.08. The molecule has 1 saturated heterocycles. The van der Waals surface area contributed by atoms with Crippen LogP contribution in [0.25, 0.3) is 0 Å². The molecule has 2 fully saturated rings. The Hall–Kier alpha value is -1.04. The van der Waals surface area contributed by atoms with Gasteiger partial charge in [-0.25, -0.2) is 8.78 Å². The van der Waals surface area contributed by atoms with Gasteiger partial charge >= 0.3 is 0 Å². The third-order valence-electron chi connectivity index (χ3n) is 5.67. The number of hydrogen-bond donors (Lipinski definition) is 1. The monoisotopic (exact) mass is 338 g/mol. The van der Waals surface area contributed by atoms with Gasteiger partial charge in [0.1, 0.15) is 11.6 Å². The molecule has 1 atom stereocenters. The summed E-state index contributed by atoms with van der Waals surface area (Å²) in [5, 5.41) is 10.2. The number of rotatable bonds is 4. The van der Waals surface area contributed by atoms with Crippen molar-refractivity contribution in [2.75, 3.05) is 32.7 Å². The summed E-state index contributed by atoms with van der Waals surface area (Å²) in [5.41, 5.74) is -0.207. The van der Waals surface area contributed by atoms with Gasteiger partial charge in [0.05, 0.1) is 11.7 Å². The van der Waals surface area contributed by atoms with Crippen LogP contribution >= 0.6 is 0 Å². The Bertz CT molecular complexity index is 518. The summed E-state index contributed by atoms with van der Waals surface area (Å²) in [4.78, 5) is 4.66. The molecule has 0 radical (unpaired) electrons. The van der Waals surface area contributed by atoms with Crippen LogP contribution in [0.3, 0.4) is 0 Å². The van der Waals surface area contributed by atoms with Crippen molar-refractivity contribution >= 4 is 0 Å². The van der Waals surface area contributed by atoms with Crippen molar-refractivity contribution in [1.82, 2.24) is 9.80 Å². The normalized spacial score (nSPS) is 28.0. The van der Waals surface area contributed by atoms with Gasteiger partial charge < -0.3 is 5.11 Å². The molecule has 1 aromatic rings. The minimum Gasteiger partial charge on any atom is -0.387 e. The Labute approximate surface area is 143 Å². The molecule has 2 aliphatic rings. The van der Waals surface area contributed by atoms with Gasteiger partial charge in [-0.1, -0.05) is 13.0 Å². The fraction of sp³-hybridized carbons (Fsp3) is 0.684. The zero-order valence-electron chi connectivity index (χ0n) is 14.4. The number of halogens is 2. The number of piperazine rings is 1. The quantitative estimate of drug-likeness (QED) is 0.913. The topological polar surface area (TPSA) is 26.7 Å². The SMILES string of the molecule is CC1CCC(N2CCN(CC(O)c3c(F)cccc3F)CC2)CC1. The van der Waals surface area contributed by atoms with Crippen LogP contribution in [0.15, 0.2) is 18.2 Å². The lowest BCUT2D eigenvalue weighted by Gasteiger charge is -2.42. The van der Waals surface area contributed by atoms with Gasteiger partial charge in [-0.15, -0.1) is 0 Å². The maximum atomic E-state index is 13.8. The van der Waals surface area contributed by atoms with E-state index < -0.39 is 17.7 Å². The van der Waals surface area contributed by atoms with Crippen molar-refractivity contribution in [3.8, 4) is 0 Å². The van der Waals surface area contributed by atoms with Crippen molar-refractivity contribution in [2.24, 2.45) is 5.92 Å². The molecule has 0 amide bonds. The van der Waals surface area contributed by atoms with E-state index in [1.54, 1.807) is 0 Å². The number of nitrogens with zero attached hydrogens (tertiary/aromatic N) is 2. The zero-order chi connectivity index (χ0) is 17.1. The van der Waals surface area contributed by atoms with Gasteiger partial charge in [0.15, 0.2) is 0 Å². The molecule has 0 aromatic heterocycles. The Kier molecular flexibility index (Phi) is 5.85. The summed E-state index contributed by atoms with van der Waals surface area (Å²) in [7, 11) is 0. The first-order chi connectivity index (χ1) is 11.5. The summed E-state index contributed by atoms with van der Waals surface area (Å²) >= 11 is 0. The predicted molar refractivity (Wildman–Crippen MR) is 90.8 cm³/mol. The maximum absolute atomic E-state index is 13.8. The van der Waals surface area contributed by atoms with Crippen LogP contribution in [0.2, 0.25) is 0 Å². The molecule has 3 rings (SSSR count). The molecular weight excluding hydrogens is 310 g/mol. The van der Waals surface area contributed by atoms with Crippen LogP contribution in [0.5, 0.6) is 0 Å². The third kappa shape index (κ3) is 4.13. The second-order valence-electron chi connectivity index (χ2n) is 7.40. The van der Waals surface area contributed by atoms with E-state index in [4.69, 9.17) is 0 Å².